The second-order valence-electron chi connectivity index (χ2n) is 10.6. The van der Waals surface area contributed by atoms with Gasteiger partial charge in [-0.1, -0.05) is 67.8 Å². The van der Waals surface area contributed by atoms with Crippen molar-refractivity contribution in [2.75, 3.05) is 10.6 Å². The molecule has 1 aliphatic heterocycles. The molecule has 208 valence electrons. The predicted molar refractivity (Wildman–Crippen MR) is 164 cm³/mol. The molecule has 0 radical (unpaired) electrons. The summed E-state index contributed by atoms with van der Waals surface area (Å²) in [6.07, 6.45) is 13.1. The third-order valence-corrected chi connectivity index (χ3v) is 8.23. The van der Waals surface area contributed by atoms with E-state index in [4.69, 9.17) is 11.6 Å². The van der Waals surface area contributed by atoms with Gasteiger partial charge in [-0.05, 0) is 48.6 Å². The number of halogens is 1. The van der Waals surface area contributed by atoms with Crippen LogP contribution in [-0.2, 0) is 0 Å². The topological polar surface area (TPSA) is 101 Å². The van der Waals surface area contributed by atoms with Gasteiger partial charge in [0.05, 0.1) is 39.6 Å². The monoisotopic (exact) mass is 564 g/mol. The maximum Gasteiger partial charge on any atom is 0.103 e. The summed E-state index contributed by atoms with van der Waals surface area (Å²) >= 11 is 6.84. The third kappa shape index (κ3) is 5.64. The van der Waals surface area contributed by atoms with Crippen molar-refractivity contribution in [3.63, 3.8) is 0 Å². The molecule has 2 aromatic heterocycles. The molecular formula is C32H33ClN8. The number of nitrogens with one attached hydrogen (secondary N) is 4. The molecule has 2 aromatic carbocycles. The number of pyridine rings is 2. The summed E-state index contributed by atoms with van der Waals surface area (Å²) in [4.78, 5) is 8.93. The van der Waals surface area contributed by atoms with Gasteiger partial charge in [-0.25, -0.2) is 0 Å². The zero-order valence-electron chi connectivity index (χ0n) is 22.9. The van der Waals surface area contributed by atoms with Crippen LogP contribution >= 0.6 is 11.6 Å². The Bertz CT molecular complexity index is 1580. The number of aromatic nitrogens is 2. The van der Waals surface area contributed by atoms with Gasteiger partial charge >= 0.3 is 0 Å². The minimum atomic E-state index is -0.215. The fraction of sp³-hybridized carbons (Fsp3) is 0.281. The molecule has 0 spiro atoms. The average Bonchev–Trinajstić information content (AvgIpc) is 3.72. The molecule has 4 N–H and O–H groups in total. The molecule has 0 unspecified atom stereocenters. The lowest BCUT2D eigenvalue weighted by Crippen LogP contribution is -2.42. The van der Waals surface area contributed by atoms with E-state index >= 15 is 0 Å². The highest BCUT2D eigenvalue weighted by Gasteiger charge is 2.28. The van der Waals surface area contributed by atoms with Crippen LogP contribution in [0.15, 0.2) is 85.1 Å². The number of nitriles is 1. The highest BCUT2D eigenvalue weighted by atomic mass is 35.5. The Kier molecular flexibility index (Phi) is 7.90. The number of hydrogen-bond acceptors (Lipinski definition) is 8. The standard InChI is InChI=1S/C32H33ClN8/c1-2-28(21-9-4-3-5-10-21)38-30-23(17-34)19-36-32-26(30)15-24(16-27(32)33)37-31(22-11-8-14-35-18-22)29-20-41(40-39-29)25-12-6-7-13-25/h3-5,8-11,14-16,18-20,25,28,31,37,39-40H,2,6-7,12-13H2,1H3,(H,36,38)/t28-,31+/m1/s1. The van der Waals surface area contributed by atoms with Crippen molar-refractivity contribution < 1.29 is 0 Å². The summed E-state index contributed by atoms with van der Waals surface area (Å²) < 4.78 is 0. The summed E-state index contributed by atoms with van der Waals surface area (Å²) in [5.41, 5.74) is 12.5. The van der Waals surface area contributed by atoms with Crippen molar-refractivity contribution in [1.29, 1.82) is 5.26 Å². The molecule has 0 amide bonds. The van der Waals surface area contributed by atoms with E-state index in [0.29, 0.717) is 22.1 Å². The molecule has 41 heavy (non-hydrogen) atoms. The molecule has 9 heteroatoms. The number of benzene rings is 2. The highest BCUT2D eigenvalue weighted by Crippen LogP contribution is 2.37. The van der Waals surface area contributed by atoms with Gasteiger partial charge in [-0.3, -0.25) is 15.0 Å². The number of hydrogen-bond donors (Lipinski definition) is 4. The van der Waals surface area contributed by atoms with Gasteiger partial charge in [-0.15, -0.1) is 5.53 Å². The van der Waals surface area contributed by atoms with Gasteiger partial charge in [0.15, 0.2) is 0 Å². The molecule has 1 fully saturated rings. The molecule has 4 aromatic rings. The van der Waals surface area contributed by atoms with E-state index in [0.717, 1.165) is 40.0 Å². The van der Waals surface area contributed by atoms with Gasteiger partial charge in [0.2, 0.25) is 0 Å². The van der Waals surface area contributed by atoms with E-state index in [1.165, 1.54) is 25.7 Å². The first-order chi connectivity index (χ1) is 20.1. The van der Waals surface area contributed by atoms with E-state index in [9.17, 15) is 5.26 Å². The minimum Gasteiger partial charge on any atom is -0.377 e. The van der Waals surface area contributed by atoms with Crippen LogP contribution in [0.1, 0.15) is 67.8 Å². The van der Waals surface area contributed by atoms with E-state index in [-0.39, 0.29) is 12.1 Å². The van der Waals surface area contributed by atoms with Crippen LogP contribution < -0.4 is 21.6 Å². The number of hydrazine groups is 2. The van der Waals surface area contributed by atoms with Crippen molar-refractivity contribution in [3.05, 3.63) is 107 Å². The Morgan fingerprint density at radius 3 is 2.61 bits per heavy atom. The fourth-order valence-electron chi connectivity index (χ4n) is 5.79. The fourth-order valence-corrected chi connectivity index (χ4v) is 6.06. The smallest absolute Gasteiger partial charge is 0.103 e. The summed E-state index contributed by atoms with van der Waals surface area (Å²) in [6, 6.07) is 20.8. The minimum absolute atomic E-state index is 0.0212. The van der Waals surface area contributed by atoms with Crippen molar-refractivity contribution in [2.45, 2.75) is 57.2 Å². The molecular weight excluding hydrogens is 532 g/mol. The maximum atomic E-state index is 10.0. The highest BCUT2D eigenvalue weighted by molar-refractivity contribution is 6.35. The van der Waals surface area contributed by atoms with Crippen LogP contribution in [0, 0.1) is 11.3 Å². The van der Waals surface area contributed by atoms with Crippen LogP contribution in [0.4, 0.5) is 11.4 Å². The molecule has 0 bridgehead atoms. The van der Waals surface area contributed by atoms with Crippen molar-refractivity contribution in [3.8, 4) is 6.07 Å². The zero-order chi connectivity index (χ0) is 28.2. The second-order valence-corrected chi connectivity index (χ2v) is 11.0. The lowest BCUT2D eigenvalue weighted by atomic mass is 10.0. The van der Waals surface area contributed by atoms with Crippen molar-refractivity contribution in [1.82, 2.24) is 25.9 Å². The van der Waals surface area contributed by atoms with E-state index in [1.807, 2.05) is 42.6 Å². The summed E-state index contributed by atoms with van der Waals surface area (Å²) in [6.45, 7) is 2.13. The Labute approximate surface area is 245 Å². The van der Waals surface area contributed by atoms with Crippen LogP contribution in [0.25, 0.3) is 10.9 Å². The van der Waals surface area contributed by atoms with Crippen LogP contribution in [0.3, 0.4) is 0 Å². The lowest BCUT2D eigenvalue weighted by molar-refractivity contribution is 0.198. The summed E-state index contributed by atoms with van der Waals surface area (Å²) in [5.74, 6) is 0. The quantitative estimate of drug-likeness (QED) is 0.173. The van der Waals surface area contributed by atoms with Gasteiger partial charge < -0.3 is 16.1 Å². The number of nitrogens with zero attached hydrogens (tertiary/aromatic N) is 4. The van der Waals surface area contributed by atoms with E-state index < -0.39 is 0 Å². The van der Waals surface area contributed by atoms with Crippen molar-refractivity contribution in [2.24, 2.45) is 0 Å². The van der Waals surface area contributed by atoms with E-state index in [2.05, 4.69) is 74.0 Å². The lowest BCUT2D eigenvalue weighted by Gasteiger charge is -2.23. The SMILES string of the molecule is CC[C@@H](Nc1c(C#N)cnc2c(Cl)cc(N[C@H](C3=CN(C4CCCC4)NN3)c3cccnc3)cc12)c1ccccc1. The second kappa shape index (κ2) is 12.0. The Balaban J connectivity index is 1.39. The summed E-state index contributed by atoms with van der Waals surface area (Å²) in [5, 5.41) is 20.8. The molecule has 8 nitrogen and oxygen atoms in total. The molecule has 2 aliphatic rings. The first-order valence-corrected chi connectivity index (χ1v) is 14.5. The molecule has 6 rings (SSSR count). The molecule has 1 saturated carbocycles. The van der Waals surface area contributed by atoms with Crippen LogP contribution in [-0.4, -0.2) is 21.0 Å². The summed E-state index contributed by atoms with van der Waals surface area (Å²) in [7, 11) is 0. The maximum absolute atomic E-state index is 10.0. The van der Waals surface area contributed by atoms with Crippen molar-refractivity contribution >= 4 is 33.9 Å². The van der Waals surface area contributed by atoms with E-state index in [1.54, 1.807) is 12.4 Å². The van der Waals surface area contributed by atoms with Crippen LogP contribution in [0.2, 0.25) is 5.02 Å². The zero-order valence-corrected chi connectivity index (χ0v) is 23.7. The Morgan fingerprint density at radius 1 is 1.07 bits per heavy atom. The number of fused-ring (bicyclic) bond motifs is 1. The van der Waals surface area contributed by atoms with Gasteiger partial charge in [0, 0.05) is 41.9 Å². The average molecular weight is 565 g/mol. The predicted octanol–water partition coefficient (Wildman–Crippen LogP) is 6.98. The normalized spacial score (nSPS) is 16.6. The van der Waals surface area contributed by atoms with Gasteiger partial charge in [0.1, 0.15) is 6.07 Å². The van der Waals surface area contributed by atoms with Gasteiger partial charge in [-0.2, -0.15) is 5.26 Å². The van der Waals surface area contributed by atoms with Crippen LogP contribution in [0.5, 0.6) is 0 Å². The van der Waals surface area contributed by atoms with Gasteiger partial charge in [0.25, 0.3) is 0 Å². The largest absolute Gasteiger partial charge is 0.377 e. The number of rotatable bonds is 9. The number of anilines is 2. The first-order valence-electron chi connectivity index (χ1n) is 14.2. The Hall–Kier alpha value is -4.32. The molecule has 2 atom stereocenters. The first kappa shape index (κ1) is 26.9. The third-order valence-electron chi connectivity index (χ3n) is 7.94. The molecule has 3 heterocycles. The Morgan fingerprint density at radius 2 is 1.88 bits per heavy atom. The molecule has 1 aliphatic carbocycles. The molecule has 0 saturated heterocycles.